The van der Waals surface area contributed by atoms with Gasteiger partial charge in [0.05, 0.1) is 24.9 Å². The SMILES string of the molecule is C[C@@H]1[C@@H](O)[C@@H](O)[C@H](OC[C@H]2O[C@@H](Oc3c(-c4ccc(O)cc4)oc4cc(O[C@@H]5O[C@@H](C)[C@H](O)[C@@H](O)[C@H]5O)cc(O)c4c3=O)[C@H](O)[C@@H](O)[C@@H]2O)O[C@H]1C. The number of aliphatic hydroxyl groups is 8. The first-order valence-corrected chi connectivity index (χ1v) is 16.6. The van der Waals surface area contributed by atoms with Gasteiger partial charge in [-0.3, -0.25) is 4.79 Å². The maximum absolute atomic E-state index is 14.0. The molecular weight excluding hydrogens is 696 g/mol. The van der Waals surface area contributed by atoms with E-state index in [1.54, 1.807) is 13.8 Å². The van der Waals surface area contributed by atoms with Crippen molar-refractivity contribution in [2.75, 3.05) is 6.61 Å². The van der Waals surface area contributed by atoms with Crippen LogP contribution in [0.4, 0.5) is 0 Å². The summed E-state index contributed by atoms with van der Waals surface area (Å²) in [4.78, 5) is 14.0. The van der Waals surface area contributed by atoms with Crippen molar-refractivity contribution in [1.82, 2.24) is 0 Å². The van der Waals surface area contributed by atoms with Crippen molar-refractivity contribution in [3.63, 3.8) is 0 Å². The molecule has 6 rings (SSSR count). The topological polar surface area (TPSA) is 288 Å². The van der Waals surface area contributed by atoms with Crippen LogP contribution in [0, 0.1) is 5.92 Å². The van der Waals surface area contributed by atoms with Gasteiger partial charge in [0.1, 0.15) is 77.0 Å². The minimum Gasteiger partial charge on any atom is -0.508 e. The highest BCUT2D eigenvalue weighted by Crippen LogP contribution is 2.39. The smallest absolute Gasteiger partial charge is 0.239 e. The van der Waals surface area contributed by atoms with Crippen LogP contribution in [0.15, 0.2) is 45.6 Å². The van der Waals surface area contributed by atoms with Gasteiger partial charge in [0, 0.05) is 23.6 Å². The number of fused-ring (bicyclic) bond motifs is 1. The van der Waals surface area contributed by atoms with E-state index in [0.717, 1.165) is 6.07 Å². The summed E-state index contributed by atoms with van der Waals surface area (Å²) >= 11 is 0. The van der Waals surface area contributed by atoms with Crippen LogP contribution in [0.5, 0.6) is 23.0 Å². The molecule has 4 heterocycles. The van der Waals surface area contributed by atoms with Gasteiger partial charge in [-0.1, -0.05) is 6.92 Å². The molecule has 0 radical (unpaired) electrons. The van der Waals surface area contributed by atoms with E-state index in [-0.39, 0.29) is 28.4 Å². The molecule has 0 amide bonds. The predicted octanol–water partition coefficient (Wildman–Crippen LogP) is -1.62. The summed E-state index contributed by atoms with van der Waals surface area (Å²) in [5, 5.41) is 104. The summed E-state index contributed by atoms with van der Waals surface area (Å²) in [6, 6.07) is 7.48. The van der Waals surface area contributed by atoms with Crippen LogP contribution in [-0.2, 0) is 18.9 Å². The molecule has 0 saturated carbocycles. The predicted molar refractivity (Wildman–Crippen MR) is 173 cm³/mol. The number of hydrogen-bond donors (Lipinski definition) is 10. The number of rotatable bonds is 8. The van der Waals surface area contributed by atoms with E-state index in [1.807, 2.05) is 0 Å². The Labute approximate surface area is 295 Å². The number of benzene rings is 2. The Morgan fingerprint density at radius 2 is 1.25 bits per heavy atom. The van der Waals surface area contributed by atoms with Gasteiger partial charge < -0.3 is 83.9 Å². The number of aromatic hydroxyl groups is 2. The molecule has 286 valence electrons. The number of aliphatic hydroxyl groups excluding tert-OH is 8. The zero-order valence-electron chi connectivity index (χ0n) is 28.1. The Balaban J connectivity index is 1.32. The van der Waals surface area contributed by atoms with E-state index in [9.17, 15) is 55.9 Å². The molecule has 3 saturated heterocycles. The van der Waals surface area contributed by atoms with Crippen LogP contribution in [-0.4, -0.2) is 144 Å². The molecule has 0 unspecified atom stereocenters. The first kappa shape index (κ1) is 38.1. The molecule has 3 fully saturated rings. The normalized spacial score (nSPS) is 38.2. The van der Waals surface area contributed by atoms with Crippen LogP contribution >= 0.6 is 0 Å². The Hall–Kier alpha value is -3.63. The summed E-state index contributed by atoms with van der Waals surface area (Å²) in [6.07, 6.45) is -20.5. The lowest BCUT2D eigenvalue weighted by atomic mass is 9.92. The van der Waals surface area contributed by atoms with Crippen molar-refractivity contribution in [3.8, 4) is 34.3 Å². The summed E-state index contributed by atoms with van der Waals surface area (Å²) in [7, 11) is 0. The van der Waals surface area contributed by atoms with Crippen molar-refractivity contribution in [3.05, 3.63) is 46.6 Å². The number of phenolic OH excluding ortho intramolecular Hbond substituents is 2. The summed E-state index contributed by atoms with van der Waals surface area (Å²) < 4.78 is 40.0. The quantitative estimate of drug-likeness (QED) is 0.124. The molecule has 15 atom stereocenters. The minimum atomic E-state index is -1.95. The van der Waals surface area contributed by atoms with Crippen LogP contribution in [0.1, 0.15) is 20.8 Å². The maximum Gasteiger partial charge on any atom is 0.239 e. The highest BCUT2D eigenvalue weighted by atomic mass is 16.7. The van der Waals surface area contributed by atoms with E-state index >= 15 is 0 Å². The van der Waals surface area contributed by atoms with Gasteiger partial charge in [-0.2, -0.15) is 0 Å². The van der Waals surface area contributed by atoms with Crippen LogP contribution in [0.2, 0.25) is 0 Å². The fourth-order valence-corrected chi connectivity index (χ4v) is 6.24. The lowest BCUT2D eigenvalue weighted by Gasteiger charge is -2.42. The molecule has 2 aromatic carbocycles. The third-order valence-corrected chi connectivity index (χ3v) is 9.68. The molecule has 3 aromatic rings. The second kappa shape index (κ2) is 15.0. The van der Waals surface area contributed by atoms with E-state index in [2.05, 4.69) is 0 Å². The Kier molecular flexibility index (Phi) is 11.0. The molecule has 0 bridgehead atoms. The van der Waals surface area contributed by atoms with Gasteiger partial charge in [-0.25, -0.2) is 0 Å². The fraction of sp³-hybridized carbons (Fsp3) is 0.559. The maximum atomic E-state index is 14.0. The fourth-order valence-electron chi connectivity index (χ4n) is 6.24. The molecule has 10 N–H and O–H groups in total. The molecule has 0 spiro atoms. The molecule has 3 aliphatic heterocycles. The summed E-state index contributed by atoms with van der Waals surface area (Å²) in [6.45, 7) is 4.27. The molecule has 1 aromatic heterocycles. The van der Waals surface area contributed by atoms with Crippen molar-refractivity contribution in [2.24, 2.45) is 5.92 Å². The van der Waals surface area contributed by atoms with E-state index in [0.29, 0.717) is 0 Å². The Morgan fingerprint density at radius 3 is 1.92 bits per heavy atom. The second-order valence-corrected chi connectivity index (χ2v) is 13.3. The van der Waals surface area contributed by atoms with Crippen LogP contribution in [0.25, 0.3) is 22.3 Å². The standard InChI is InChI=1S/C34H42O18/c1-11-12(2)47-32(27(43)21(11)37)46-10-19-23(39)26(42)29(45)34(51-19)52-31-24(40)20-17(36)8-16(49-33-28(44)25(41)22(38)13(3)48-33)9-18(20)50-30(31)14-4-6-15(35)7-5-14/h4-9,11-13,19,21-23,25-29,32-39,41-45H,10H2,1-3H3/t11-,12-,13-,19+,21+,22-,23+,25+,26-,27+,28+,29+,32+,33-,34-/m0/s1. The van der Waals surface area contributed by atoms with E-state index in [1.165, 1.54) is 37.3 Å². The van der Waals surface area contributed by atoms with Gasteiger partial charge >= 0.3 is 0 Å². The lowest BCUT2D eigenvalue weighted by molar-refractivity contribution is -0.313. The lowest BCUT2D eigenvalue weighted by Crippen LogP contribution is -2.61. The second-order valence-electron chi connectivity index (χ2n) is 13.3. The summed E-state index contributed by atoms with van der Waals surface area (Å²) in [5.41, 5.74) is -1.10. The van der Waals surface area contributed by atoms with Gasteiger partial charge in [0.25, 0.3) is 0 Å². The van der Waals surface area contributed by atoms with Crippen LogP contribution in [0.3, 0.4) is 0 Å². The average Bonchev–Trinajstić information content (AvgIpc) is 3.11. The Bertz CT molecular complexity index is 1770. The Morgan fingerprint density at radius 1 is 0.654 bits per heavy atom. The molecule has 18 nitrogen and oxygen atoms in total. The monoisotopic (exact) mass is 738 g/mol. The van der Waals surface area contributed by atoms with Crippen molar-refractivity contribution in [2.45, 2.75) is 107 Å². The minimum absolute atomic E-state index is 0.135. The first-order valence-electron chi connectivity index (χ1n) is 16.6. The van der Waals surface area contributed by atoms with Gasteiger partial charge in [0.2, 0.25) is 23.8 Å². The molecular formula is C34H42O18. The average molecular weight is 739 g/mol. The largest absolute Gasteiger partial charge is 0.508 e. The van der Waals surface area contributed by atoms with E-state index < -0.39 is 121 Å². The van der Waals surface area contributed by atoms with Crippen molar-refractivity contribution in [1.29, 1.82) is 0 Å². The van der Waals surface area contributed by atoms with Crippen LogP contribution < -0.4 is 14.9 Å². The third-order valence-electron chi connectivity index (χ3n) is 9.68. The first-order chi connectivity index (χ1) is 24.6. The summed E-state index contributed by atoms with van der Waals surface area (Å²) in [5.74, 6) is -2.33. The van der Waals surface area contributed by atoms with Crippen molar-refractivity contribution < 1.29 is 83.9 Å². The molecule has 52 heavy (non-hydrogen) atoms. The number of ether oxygens (including phenoxy) is 6. The van der Waals surface area contributed by atoms with Gasteiger partial charge in [0.15, 0.2) is 12.1 Å². The number of phenols is 2. The highest BCUT2D eigenvalue weighted by Gasteiger charge is 2.48. The van der Waals surface area contributed by atoms with E-state index in [4.69, 9.17) is 32.8 Å². The highest BCUT2D eigenvalue weighted by molar-refractivity contribution is 5.88. The molecule has 0 aliphatic carbocycles. The third kappa shape index (κ3) is 7.17. The zero-order valence-corrected chi connectivity index (χ0v) is 28.1. The molecule has 18 heteroatoms. The van der Waals surface area contributed by atoms with Gasteiger partial charge in [-0.15, -0.1) is 0 Å². The number of hydrogen-bond acceptors (Lipinski definition) is 18. The van der Waals surface area contributed by atoms with Gasteiger partial charge in [-0.05, 0) is 38.1 Å². The van der Waals surface area contributed by atoms with Crippen molar-refractivity contribution >= 4 is 11.0 Å². The zero-order chi connectivity index (χ0) is 37.8. The molecule has 3 aliphatic rings.